The van der Waals surface area contributed by atoms with Crippen molar-refractivity contribution in [1.82, 2.24) is 20.2 Å². The van der Waals surface area contributed by atoms with Gasteiger partial charge in [-0.25, -0.2) is 4.68 Å². The summed E-state index contributed by atoms with van der Waals surface area (Å²) >= 11 is 8.87. The fourth-order valence-electron chi connectivity index (χ4n) is 2.12. The minimum Gasteiger partial charge on any atom is -0.350 e. The first-order valence-electron chi connectivity index (χ1n) is 7.48. The second-order valence-electron chi connectivity index (χ2n) is 5.24. The van der Waals surface area contributed by atoms with Gasteiger partial charge < -0.3 is 11.2 Å². The Balaban J connectivity index is 1.65. The quantitative estimate of drug-likeness (QED) is 0.496. The highest BCUT2D eigenvalue weighted by atomic mass is 35.5. The molecule has 2 aromatic heterocycles. The van der Waals surface area contributed by atoms with Gasteiger partial charge in [0, 0.05) is 15.5 Å². The molecule has 0 spiro atoms. The topological polar surface area (TPSA) is 85.8 Å². The van der Waals surface area contributed by atoms with Gasteiger partial charge in [0.2, 0.25) is 11.1 Å². The van der Waals surface area contributed by atoms with E-state index >= 15 is 0 Å². The summed E-state index contributed by atoms with van der Waals surface area (Å²) in [5.41, 5.74) is 0.768. The highest BCUT2D eigenvalue weighted by Gasteiger charge is 2.20. The Morgan fingerprint density at radius 1 is 1.40 bits per heavy atom. The van der Waals surface area contributed by atoms with Crippen LogP contribution in [-0.2, 0) is 11.3 Å². The molecule has 0 aliphatic heterocycles. The van der Waals surface area contributed by atoms with Gasteiger partial charge in [0.15, 0.2) is 5.82 Å². The summed E-state index contributed by atoms with van der Waals surface area (Å²) in [7, 11) is 0. The molecule has 3 rings (SSSR count). The molecule has 0 radical (unpaired) electrons. The summed E-state index contributed by atoms with van der Waals surface area (Å²) in [6.07, 6.45) is 0. The zero-order valence-corrected chi connectivity index (χ0v) is 15.7. The molecule has 0 aliphatic rings. The number of nitrogen functional groups attached to an aromatic ring is 1. The molecule has 2 heterocycles. The molecule has 0 fully saturated rings. The average Bonchev–Trinajstić information content (AvgIpc) is 3.23. The number of nitrogens with one attached hydrogen (secondary N) is 1. The van der Waals surface area contributed by atoms with E-state index in [1.54, 1.807) is 23.5 Å². The van der Waals surface area contributed by atoms with Gasteiger partial charge in [-0.05, 0) is 30.5 Å². The van der Waals surface area contributed by atoms with Crippen molar-refractivity contribution in [2.24, 2.45) is 0 Å². The van der Waals surface area contributed by atoms with Gasteiger partial charge in [0.1, 0.15) is 0 Å². The zero-order valence-electron chi connectivity index (χ0n) is 13.3. The number of halogens is 1. The summed E-state index contributed by atoms with van der Waals surface area (Å²) < 4.78 is 1.37. The second-order valence-corrected chi connectivity index (χ2v) is 8.02. The van der Waals surface area contributed by atoms with Gasteiger partial charge in [0.25, 0.3) is 0 Å². The lowest BCUT2D eigenvalue weighted by atomic mass is 10.2. The van der Waals surface area contributed by atoms with Crippen LogP contribution in [0.15, 0.2) is 46.9 Å². The number of nitrogens with zero attached hydrogens (tertiary/aromatic N) is 3. The smallest absolute Gasteiger partial charge is 0.233 e. The standard InChI is InChI=1S/C16H16ClN5OS2/c1-10(15(23)19-9-13-6-3-7-24-13)25-16-21-20-14(22(16)18)11-4-2-5-12(17)8-11/h2-8,10H,9,18H2,1H3,(H,19,23). The van der Waals surface area contributed by atoms with Crippen molar-refractivity contribution in [3.63, 3.8) is 0 Å². The Labute approximate surface area is 158 Å². The maximum absolute atomic E-state index is 12.2. The summed E-state index contributed by atoms with van der Waals surface area (Å²) in [6, 6.07) is 11.2. The molecule has 1 atom stereocenters. The van der Waals surface area contributed by atoms with E-state index in [0.29, 0.717) is 22.5 Å². The Morgan fingerprint density at radius 3 is 2.96 bits per heavy atom. The molecule has 1 unspecified atom stereocenters. The molecule has 0 saturated heterocycles. The van der Waals surface area contributed by atoms with Gasteiger partial charge in [-0.3, -0.25) is 4.79 Å². The number of rotatable bonds is 6. The van der Waals surface area contributed by atoms with Crippen molar-refractivity contribution in [2.75, 3.05) is 5.84 Å². The van der Waals surface area contributed by atoms with Crippen LogP contribution in [-0.4, -0.2) is 26.0 Å². The van der Waals surface area contributed by atoms with E-state index in [4.69, 9.17) is 17.4 Å². The lowest BCUT2D eigenvalue weighted by Crippen LogP contribution is -2.30. The Kier molecular flexibility index (Phi) is 5.62. The molecule has 0 aliphatic carbocycles. The predicted octanol–water partition coefficient (Wildman–Crippen LogP) is 3.17. The first-order valence-corrected chi connectivity index (χ1v) is 9.61. The normalized spacial score (nSPS) is 12.1. The number of hydrogen-bond donors (Lipinski definition) is 2. The van der Waals surface area contributed by atoms with Crippen LogP contribution < -0.4 is 11.2 Å². The van der Waals surface area contributed by atoms with Gasteiger partial charge in [-0.2, -0.15) is 0 Å². The van der Waals surface area contributed by atoms with Crippen molar-refractivity contribution in [3.8, 4) is 11.4 Å². The third-order valence-electron chi connectivity index (χ3n) is 3.42. The molecule has 3 N–H and O–H groups in total. The average molecular weight is 394 g/mol. The van der Waals surface area contributed by atoms with Gasteiger partial charge >= 0.3 is 0 Å². The maximum atomic E-state index is 12.2. The summed E-state index contributed by atoms with van der Waals surface area (Å²) in [6.45, 7) is 2.33. The largest absolute Gasteiger partial charge is 0.350 e. The van der Waals surface area contributed by atoms with Crippen molar-refractivity contribution in [3.05, 3.63) is 51.7 Å². The number of carbonyl (C=O) groups excluding carboxylic acids is 1. The van der Waals surface area contributed by atoms with Gasteiger partial charge in [-0.1, -0.05) is 41.6 Å². The molecule has 1 aromatic carbocycles. The zero-order chi connectivity index (χ0) is 17.8. The van der Waals surface area contributed by atoms with Crippen molar-refractivity contribution >= 4 is 40.6 Å². The van der Waals surface area contributed by atoms with E-state index in [9.17, 15) is 4.79 Å². The number of carbonyl (C=O) groups is 1. The van der Waals surface area contributed by atoms with Crippen LogP contribution in [0.2, 0.25) is 5.02 Å². The maximum Gasteiger partial charge on any atom is 0.233 e. The summed E-state index contributed by atoms with van der Waals surface area (Å²) in [5, 5.41) is 13.8. The van der Waals surface area contributed by atoms with Gasteiger partial charge in [-0.15, -0.1) is 21.5 Å². The van der Waals surface area contributed by atoms with E-state index in [1.807, 2.05) is 36.6 Å². The van der Waals surface area contributed by atoms with Crippen LogP contribution in [0.4, 0.5) is 0 Å². The molecule has 130 valence electrons. The van der Waals surface area contributed by atoms with Gasteiger partial charge in [0.05, 0.1) is 11.8 Å². The summed E-state index contributed by atoms with van der Waals surface area (Å²) in [5.74, 6) is 6.50. The Morgan fingerprint density at radius 2 is 2.24 bits per heavy atom. The third-order valence-corrected chi connectivity index (χ3v) is 5.58. The molecule has 1 amide bonds. The number of nitrogens with two attached hydrogens (primary N) is 1. The number of aromatic nitrogens is 3. The first-order chi connectivity index (χ1) is 12.0. The molecule has 25 heavy (non-hydrogen) atoms. The fraction of sp³-hybridized carbons (Fsp3) is 0.188. The van der Waals surface area contributed by atoms with Crippen molar-refractivity contribution in [1.29, 1.82) is 0 Å². The Bertz CT molecular complexity index is 865. The van der Waals surface area contributed by atoms with Crippen LogP contribution in [0.25, 0.3) is 11.4 Å². The first kappa shape index (κ1) is 17.8. The molecular weight excluding hydrogens is 378 g/mol. The SMILES string of the molecule is CC(Sc1nnc(-c2cccc(Cl)c2)n1N)C(=O)NCc1cccs1. The Hall–Kier alpha value is -2.03. The molecule has 0 bridgehead atoms. The van der Waals surface area contributed by atoms with E-state index in [1.165, 1.54) is 16.4 Å². The van der Waals surface area contributed by atoms with E-state index in [-0.39, 0.29) is 11.2 Å². The molecule has 9 heteroatoms. The molecule has 3 aromatic rings. The van der Waals surface area contributed by atoms with E-state index in [2.05, 4.69) is 15.5 Å². The number of amides is 1. The predicted molar refractivity (Wildman–Crippen MR) is 102 cm³/mol. The highest BCUT2D eigenvalue weighted by Crippen LogP contribution is 2.26. The third kappa shape index (κ3) is 4.33. The molecular formula is C16H16ClN5OS2. The van der Waals surface area contributed by atoms with E-state index < -0.39 is 0 Å². The minimum atomic E-state index is -0.348. The minimum absolute atomic E-state index is 0.0781. The number of benzene rings is 1. The van der Waals surface area contributed by atoms with Crippen LogP contribution in [0.3, 0.4) is 0 Å². The number of hydrogen-bond acceptors (Lipinski definition) is 6. The van der Waals surface area contributed by atoms with Crippen LogP contribution in [0.1, 0.15) is 11.8 Å². The van der Waals surface area contributed by atoms with Crippen LogP contribution in [0, 0.1) is 0 Å². The second kappa shape index (κ2) is 7.90. The summed E-state index contributed by atoms with van der Waals surface area (Å²) in [4.78, 5) is 13.3. The molecule has 0 saturated carbocycles. The van der Waals surface area contributed by atoms with Crippen molar-refractivity contribution < 1.29 is 4.79 Å². The monoisotopic (exact) mass is 393 g/mol. The lowest BCUT2D eigenvalue weighted by Gasteiger charge is -2.11. The van der Waals surface area contributed by atoms with Crippen LogP contribution >= 0.6 is 34.7 Å². The lowest BCUT2D eigenvalue weighted by molar-refractivity contribution is -0.120. The van der Waals surface area contributed by atoms with Crippen molar-refractivity contribution in [2.45, 2.75) is 23.9 Å². The van der Waals surface area contributed by atoms with E-state index in [0.717, 1.165) is 10.4 Å². The fourth-order valence-corrected chi connectivity index (χ4v) is 3.75. The number of thiophene rings is 1. The number of thioether (sulfide) groups is 1. The van der Waals surface area contributed by atoms with Crippen LogP contribution in [0.5, 0.6) is 0 Å². The highest BCUT2D eigenvalue weighted by molar-refractivity contribution is 8.00. The molecule has 6 nitrogen and oxygen atoms in total.